The number of benzene rings is 2. The highest BCUT2D eigenvalue weighted by atomic mass is 16.1. The highest BCUT2D eigenvalue weighted by molar-refractivity contribution is 5.91. The van der Waals surface area contributed by atoms with Gasteiger partial charge in [0.05, 0.1) is 0 Å². The Kier molecular flexibility index (Phi) is 5.24. The number of carbonyl (C=O) groups is 1. The number of carbonyl (C=O) groups excluding carboxylic acids is 1. The summed E-state index contributed by atoms with van der Waals surface area (Å²) in [5.74, 6) is 0.222. The zero-order chi connectivity index (χ0) is 20.7. The molecule has 0 N–H and O–H groups in total. The van der Waals surface area contributed by atoms with Crippen LogP contribution in [-0.4, -0.2) is 30.8 Å². The van der Waals surface area contributed by atoms with Crippen LogP contribution in [0.15, 0.2) is 30.0 Å². The van der Waals surface area contributed by atoms with Gasteiger partial charge in [-0.3, -0.25) is 4.79 Å². The molecule has 29 heavy (non-hydrogen) atoms. The third kappa shape index (κ3) is 3.48. The molecule has 2 aromatic carbocycles. The minimum atomic E-state index is 0.222. The lowest BCUT2D eigenvalue weighted by molar-refractivity contribution is -0.116. The average Bonchev–Trinajstić information content (AvgIpc) is 2.83. The van der Waals surface area contributed by atoms with Crippen LogP contribution in [-0.2, 0) is 17.8 Å². The maximum Gasteiger partial charge on any atom is 0.134 e. The van der Waals surface area contributed by atoms with Crippen molar-refractivity contribution in [3.63, 3.8) is 0 Å². The van der Waals surface area contributed by atoms with Crippen LogP contribution in [0.4, 0.5) is 5.69 Å². The lowest BCUT2D eigenvalue weighted by atomic mass is 9.82. The minimum absolute atomic E-state index is 0.222. The quantitative estimate of drug-likeness (QED) is 0.675. The highest BCUT2D eigenvalue weighted by Crippen LogP contribution is 2.45. The summed E-state index contributed by atoms with van der Waals surface area (Å²) < 4.78 is 0. The number of nitrogens with zero attached hydrogens (tertiary/aromatic N) is 2. The first kappa shape index (κ1) is 19.8. The molecule has 152 valence electrons. The zero-order valence-electron chi connectivity index (χ0n) is 18.4. The second kappa shape index (κ2) is 7.70. The van der Waals surface area contributed by atoms with Crippen LogP contribution in [0.2, 0.25) is 0 Å². The summed E-state index contributed by atoms with van der Waals surface area (Å²) in [6, 6.07) is 8.80. The summed E-state index contributed by atoms with van der Waals surface area (Å²) in [6.07, 6.45) is 5.15. The molecule has 0 atom stereocenters. The van der Waals surface area contributed by atoms with Gasteiger partial charge in [-0.2, -0.15) is 0 Å². The molecule has 0 radical (unpaired) electrons. The summed E-state index contributed by atoms with van der Waals surface area (Å²) in [6.45, 7) is 11.3. The molecule has 3 nitrogen and oxygen atoms in total. The van der Waals surface area contributed by atoms with Crippen molar-refractivity contribution in [2.24, 2.45) is 0 Å². The Labute approximate surface area is 175 Å². The average molecular weight is 389 g/mol. The van der Waals surface area contributed by atoms with E-state index >= 15 is 0 Å². The normalized spacial score (nSPS) is 15.3. The Morgan fingerprint density at radius 3 is 2.48 bits per heavy atom. The van der Waals surface area contributed by atoms with E-state index < -0.39 is 0 Å². The Morgan fingerprint density at radius 1 is 1.10 bits per heavy atom. The lowest BCUT2D eigenvalue weighted by Gasteiger charge is -2.33. The van der Waals surface area contributed by atoms with Gasteiger partial charge in [0, 0.05) is 50.1 Å². The van der Waals surface area contributed by atoms with E-state index in [2.05, 4.69) is 68.0 Å². The van der Waals surface area contributed by atoms with E-state index in [1.54, 1.807) is 6.92 Å². The molecule has 0 amide bonds. The molecule has 4 rings (SSSR count). The molecule has 0 saturated carbocycles. The molecule has 2 bridgehead atoms. The fraction of sp³-hybridized carbons (Fsp3) is 0.423. The van der Waals surface area contributed by atoms with E-state index in [0.717, 1.165) is 32.5 Å². The Morgan fingerprint density at radius 2 is 1.83 bits per heavy atom. The molecule has 0 spiro atoms. The van der Waals surface area contributed by atoms with Gasteiger partial charge in [-0.1, -0.05) is 43.2 Å². The number of likely N-dealkylation sites (N-methyl/N-ethyl adjacent to an activating group) is 1. The maximum absolute atomic E-state index is 12.3. The number of allylic oxidation sites excluding steroid dienone is 1. The van der Waals surface area contributed by atoms with Crippen LogP contribution in [0.3, 0.4) is 0 Å². The van der Waals surface area contributed by atoms with E-state index in [9.17, 15) is 4.79 Å². The highest BCUT2D eigenvalue weighted by Gasteiger charge is 2.31. The largest absolute Gasteiger partial charge is 0.372 e. The van der Waals surface area contributed by atoms with Crippen molar-refractivity contribution in [1.29, 1.82) is 0 Å². The van der Waals surface area contributed by atoms with E-state index in [-0.39, 0.29) is 5.78 Å². The van der Waals surface area contributed by atoms with E-state index in [1.807, 2.05) is 0 Å². The molecule has 2 aromatic rings. The summed E-state index contributed by atoms with van der Waals surface area (Å²) in [7, 11) is 2.20. The molecule has 2 heterocycles. The van der Waals surface area contributed by atoms with Crippen molar-refractivity contribution in [2.75, 3.05) is 25.0 Å². The van der Waals surface area contributed by atoms with E-state index in [0.29, 0.717) is 6.42 Å². The Balaban J connectivity index is 2.07. The second-order valence-corrected chi connectivity index (χ2v) is 8.69. The molecule has 3 heteroatoms. The third-order valence-electron chi connectivity index (χ3n) is 6.42. The minimum Gasteiger partial charge on any atom is -0.372 e. The summed E-state index contributed by atoms with van der Waals surface area (Å²) in [5, 5.41) is 0. The van der Waals surface area contributed by atoms with Crippen molar-refractivity contribution in [3.8, 4) is 11.1 Å². The fourth-order valence-electron chi connectivity index (χ4n) is 5.00. The number of ketones is 1. The lowest BCUT2D eigenvalue weighted by Crippen LogP contribution is -2.29. The first-order valence-electron chi connectivity index (χ1n) is 10.8. The van der Waals surface area contributed by atoms with Gasteiger partial charge in [0.25, 0.3) is 0 Å². The SMILES string of the molecule is CCCC1=Cc2c3c(c(C)c(CC(C)=O)c2-c2ccc(C)cc2)N(C)CCN1C3. The first-order valence-corrected chi connectivity index (χ1v) is 10.8. The van der Waals surface area contributed by atoms with Gasteiger partial charge in [0.1, 0.15) is 5.78 Å². The smallest absolute Gasteiger partial charge is 0.134 e. The molecule has 0 aliphatic carbocycles. The van der Waals surface area contributed by atoms with Crippen LogP contribution in [0.25, 0.3) is 17.2 Å². The monoisotopic (exact) mass is 388 g/mol. The summed E-state index contributed by atoms with van der Waals surface area (Å²) in [5.41, 5.74) is 11.7. The van der Waals surface area contributed by atoms with Crippen LogP contribution in [0.5, 0.6) is 0 Å². The molecular formula is C26H32N2O. The molecule has 2 aliphatic heterocycles. The first-order chi connectivity index (χ1) is 13.9. The number of hydrogen-bond acceptors (Lipinski definition) is 3. The number of Topliss-reactive ketones (excluding diaryl/α,β-unsaturated/α-hetero) is 1. The van der Waals surface area contributed by atoms with Crippen LogP contribution in [0.1, 0.15) is 54.5 Å². The molecule has 0 unspecified atom stereocenters. The predicted octanol–water partition coefficient (Wildman–Crippen LogP) is 5.51. The number of fused-ring (bicyclic) bond motifs is 1. The molecule has 0 aromatic heterocycles. The number of aryl methyl sites for hydroxylation is 1. The van der Waals surface area contributed by atoms with E-state index in [4.69, 9.17) is 0 Å². The van der Waals surface area contributed by atoms with Crippen LogP contribution < -0.4 is 4.90 Å². The maximum atomic E-state index is 12.3. The molecular weight excluding hydrogens is 356 g/mol. The fourth-order valence-corrected chi connectivity index (χ4v) is 5.00. The third-order valence-corrected chi connectivity index (χ3v) is 6.42. The van der Waals surface area contributed by atoms with Gasteiger partial charge >= 0.3 is 0 Å². The topological polar surface area (TPSA) is 23.6 Å². The van der Waals surface area contributed by atoms with Crippen LogP contribution >= 0.6 is 0 Å². The molecule has 0 saturated heterocycles. The van der Waals surface area contributed by atoms with Crippen molar-refractivity contribution in [2.45, 2.75) is 53.5 Å². The number of rotatable bonds is 5. The zero-order valence-corrected chi connectivity index (χ0v) is 18.4. The Bertz CT molecular complexity index is 985. The molecule has 2 aliphatic rings. The van der Waals surface area contributed by atoms with Crippen molar-refractivity contribution in [1.82, 2.24) is 4.90 Å². The van der Waals surface area contributed by atoms with Gasteiger partial charge in [-0.15, -0.1) is 0 Å². The second-order valence-electron chi connectivity index (χ2n) is 8.69. The molecule has 0 fully saturated rings. The summed E-state index contributed by atoms with van der Waals surface area (Å²) >= 11 is 0. The van der Waals surface area contributed by atoms with Crippen molar-refractivity contribution in [3.05, 3.63) is 57.8 Å². The van der Waals surface area contributed by atoms with E-state index in [1.165, 1.54) is 50.3 Å². The number of anilines is 1. The van der Waals surface area contributed by atoms with Crippen molar-refractivity contribution < 1.29 is 4.79 Å². The van der Waals surface area contributed by atoms with Crippen molar-refractivity contribution >= 4 is 17.5 Å². The number of hydrogen-bond donors (Lipinski definition) is 0. The van der Waals surface area contributed by atoms with Gasteiger partial charge < -0.3 is 9.80 Å². The van der Waals surface area contributed by atoms with Gasteiger partial charge in [-0.25, -0.2) is 0 Å². The standard InChI is InChI=1S/C26H32N2O/c1-6-7-21-15-23-24-16-28(21)13-12-27(5)26(24)19(4)22(14-18(3)29)25(23)20-10-8-17(2)9-11-20/h8-11,15H,6-7,12-14,16H2,1-5H3. The van der Waals surface area contributed by atoms with Gasteiger partial charge in [0.2, 0.25) is 0 Å². The van der Waals surface area contributed by atoms with Crippen LogP contribution in [0, 0.1) is 13.8 Å². The predicted molar refractivity (Wildman–Crippen MR) is 122 cm³/mol. The summed E-state index contributed by atoms with van der Waals surface area (Å²) in [4.78, 5) is 17.2. The Hall–Kier alpha value is -2.55. The van der Waals surface area contributed by atoms with Gasteiger partial charge in [-0.05, 0) is 61.1 Å². The van der Waals surface area contributed by atoms with Gasteiger partial charge in [0.15, 0.2) is 0 Å².